The van der Waals surface area contributed by atoms with Crippen LogP contribution in [-0.2, 0) is 9.53 Å². The van der Waals surface area contributed by atoms with Crippen LogP contribution in [0.25, 0.3) is 0 Å². The molecule has 2 aromatic rings. The van der Waals surface area contributed by atoms with E-state index in [2.05, 4.69) is 43.3 Å². The van der Waals surface area contributed by atoms with Gasteiger partial charge in [-0.2, -0.15) is 0 Å². The summed E-state index contributed by atoms with van der Waals surface area (Å²) >= 11 is -0.147. The maximum absolute atomic E-state index is 10.6. The quantitative estimate of drug-likeness (QED) is 0.393. The molecule has 0 saturated heterocycles. The fourth-order valence-electron chi connectivity index (χ4n) is 1.66. The summed E-state index contributed by atoms with van der Waals surface area (Å²) in [5, 5.41) is 0. The van der Waals surface area contributed by atoms with Gasteiger partial charge in [0.05, 0.1) is 0 Å². The Balaban J connectivity index is 1.84. The van der Waals surface area contributed by atoms with Gasteiger partial charge < -0.3 is 0 Å². The molecule has 0 spiro atoms. The summed E-state index contributed by atoms with van der Waals surface area (Å²) in [6, 6.07) is 16.9. The second kappa shape index (κ2) is 8.02. The van der Waals surface area contributed by atoms with Crippen molar-refractivity contribution in [1.29, 1.82) is 0 Å². The number of ether oxygens (including phenoxy) is 2. The van der Waals surface area contributed by atoms with Gasteiger partial charge in [0.1, 0.15) is 0 Å². The molecule has 0 heterocycles. The van der Waals surface area contributed by atoms with E-state index in [1.807, 2.05) is 12.1 Å². The van der Waals surface area contributed by atoms with Crippen molar-refractivity contribution in [2.75, 3.05) is 13.2 Å². The topological polar surface area (TPSA) is 35.5 Å². The standard InChI is InChI=1S/C17H18IO3/c1-13-3-5-15(6-4-13)18-16-7-9-17(10-8-16)21-12-11-20-14(2)19/h3-10H,11-12H2,1-2H3/q-1. The van der Waals surface area contributed by atoms with Crippen molar-refractivity contribution in [2.24, 2.45) is 0 Å². The zero-order valence-electron chi connectivity index (χ0n) is 12.1. The Hall–Kier alpha value is -1.56. The van der Waals surface area contributed by atoms with Crippen molar-refractivity contribution < 1.29 is 35.5 Å². The van der Waals surface area contributed by atoms with Gasteiger partial charge in [-0.05, 0) is 0 Å². The SMILES string of the molecule is CC(=O)OCCOc1ccc([I-]c2ccc(C)cc2)cc1. The van der Waals surface area contributed by atoms with Crippen LogP contribution in [0.2, 0.25) is 0 Å². The van der Waals surface area contributed by atoms with Crippen LogP contribution in [0, 0.1) is 14.1 Å². The fraction of sp³-hybridized carbons (Fsp3) is 0.235. The summed E-state index contributed by atoms with van der Waals surface area (Å²) in [5.41, 5.74) is 1.29. The monoisotopic (exact) mass is 397 g/mol. The first-order valence-electron chi connectivity index (χ1n) is 6.71. The van der Waals surface area contributed by atoms with Crippen molar-refractivity contribution in [2.45, 2.75) is 13.8 Å². The van der Waals surface area contributed by atoms with Crippen LogP contribution < -0.4 is 25.9 Å². The number of halogens is 1. The zero-order chi connectivity index (χ0) is 15.1. The van der Waals surface area contributed by atoms with E-state index in [9.17, 15) is 4.79 Å². The minimum atomic E-state index is -0.281. The summed E-state index contributed by atoms with van der Waals surface area (Å²) in [6.45, 7) is 4.16. The van der Waals surface area contributed by atoms with Crippen LogP contribution in [0.4, 0.5) is 0 Å². The normalized spacial score (nSPS) is 10.4. The van der Waals surface area contributed by atoms with Crippen molar-refractivity contribution in [1.82, 2.24) is 0 Å². The van der Waals surface area contributed by atoms with Crippen molar-refractivity contribution in [3.05, 3.63) is 61.2 Å². The number of benzene rings is 2. The molecule has 0 fully saturated rings. The van der Waals surface area contributed by atoms with E-state index < -0.39 is 0 Å². The average molecular weight is 397 g/mol. The summed E-state index contributed by atoms with van der Waals surface area (Å²) in [6.07, 6.45) is 0. The molecule has 0 N–H and O–H groups in total. The Morgan fingerprint density at radius 3 is 2.10 bits per heavy atom. The van der Waals surface area contributed by atoms with Gasteiger partial charge in [-0.1, -0.05) is 0 Å². The first kappa shape index (κ1) is 15.8. The summed E-state index contributed by atoms with van der Waals surface area (Å²) in [4.78, 5) is 10.6. The molecular formula is C17H18IO3-. The van der Waals surface area contributed by atoms with E-state index in [1.54, 1.807) is 0 Å². The van der Waals surface area contributed by atoms with Crippen LogP contribution >= 0.6 is 0 Å². The van der Waals surface area contributed by atoms with Gasteiger partial charge in [0.2, 0.25) is 0 Å². The first-order valence-corrected chi connectivity index (χ1v) is 8.87. The molecule has 0 saturated carbocycles. The zero-order valence-corrected chi connectivity index (χ0v) is 14.3. The Morgan fingerprint density at radius 2 is 1.52 bits per heavy atom. The predicted molar refractivity (Wildman–Crippen MR) is 77.1 cm³/mol. The minimum absolute atomic E-state index is 0.147. The molecule has 0 aliphatic heterocycles. The van der Waals surface area contributed by atoms with Gasteiger partial charge >= 0.3 is 135 Å². The molecule has 112 valence electrons. The number of esters is 1. The summed E-state index contributed by atoms with van der Waals surface area (Å²) < 4.78 is 13.1. The number of rotatable bonds is 6. The van der Waals surface area contributed by atoms with Gasteiger partial charge in [-0.3, -0.25) is 0 Å². The van der Waals surface area contributed by atoms with Gasteiger partial charge in [-0.25, -0.2) is 0 Å². The maximum atomic E-state index is 10.6. The average Bonchev–Trinajstić information content (AvgIpc) is 2.47. The summed E-state index contributed by atoms with van der Waals surface area (Å²) in [7, 11) is 0. The molecule has 4 heteroatoms. The molecule has 0 aromatic heterocycles. The molecule has 2 aromatic carbocycles. The van der Waals surface area contributed by atoms with E-state index in [-0.39, 0.29) is 33.8 Å². The van der Waals surface area contributed by atoms with Crippen LogP contribution in [0.1, 0.15) is 12.5 Å². The second-order valence-electron chi connectivity index (χ2n) is 4.53. The Bertz CT molecular complexity index is 576. The molecule has 21 heavy (non-hydrogen) atoms. The molecule has 0 aliphatic carbocycles. The summed E-state index contributed by atoms with van der Waals surface area (Å²) in [5.74, 6) is 0.524. The van der Waals surface area contributed by atoms with E-state index in [0.29, 0.717) is 6.61 Å². The Kier molecular flexibility index (Phi) is 6.04. The molecule has 0 unspecified atom stereocenters. The van der Waals surface area contributed by atoms with Crippen LogP contribution in [-0.4, -0.2) is 19.2 Å². The van der Waals surface area contributed by atoms with Crippen molar-refractivity contribution in [3.63, 3.8) is 0 Å². The third kappa shape index (κ3) is 5.75. The third-order valence-electron chi connectivity index (χ3n) is 2.70. The molecule has 0 aliphatic rings. The van der Waals surface area contributed by atoms with Gasteiger partial charge in [0.15, 0.2) is 0 Å². The van der Waals surface area contributed by atoms with E-state index in [1.165, 1.54) is 19.6 Å². The van der Waals surface area contributed by atoms with Crippen molar-refractivity contribution in [3.8, 4) is 5.75 Å². The predicted octanol–water partition coefficient (Wildman–Crippen LogP) is 0.0653. The van der Waals surface area contributed by atoms with Crippen molar-refractivity contribution >= 4 is 5.97 Å². The van der Waals surface area contributed by atoms with Crippen LogP contribution in [0.15, 0.2) is 48.5 Å². The van der Waals surface area contributed by atoms with E-state index in [4.69, 9.17) is 9.47 Å². The first-order chi connectivity index (χ1) is 10.1. The third-order valence-corrected chi connectivity index (χ3v) is 5.38. The fourth-order valence-corrected chi connectivity index (χ4v) is 3.82. The molecule has 3 nitrogen and oxygen atoms in total. The number of hydrogen-bond acceptors (Lipinski definition) is 3. The van der Waals surface area contributed by atoms with Crippen LogP contribution in [0.5, 0.6) is 5.75 Å². The number of carbonyl (C=O) groups excluding carboxylic acids is 1. The molecule has 0 atom stereocenters. The Morgan fingerprint density at radius 1 is 0.952 bits per heavy atom. The van der Waals surface area contributed by atoms with E-state index in [0.717, 1.165) is 5.75 Å². The second-order valence-corrected chi connectivity index (χ2v) is 7.56. The number of carbonyl (C=O) groups is 1. The number of aryl methyl sites for hydroxylation is 1. The molecular weight excluding hydrogens is 379 g/mol. The van der Waals surface area contributed by atoms with Gasteiger partial charge in [-0.15, -0.1) is 0 Å². The van der Waals surface area contributed by atoms with Gasteiger partial charge in [0, 0.05) is 0 Å². The molecule has 0 radical (unpaired) electrons. The molecule has 2 rings (SSSR count). The van der Waals surface area contributed by atoms with Crippen LogP contribution in [0.3, 0.4) is 0 Å². The number of hydrogen-bond donors (Lipinski definition) is 0. The molecule has 0 amide bonds. The Labute approximate surface area is 135 Å². The van der Waals surface area contributed by atoms with E-state index >= 15 is 0 Å². The molecule has 0 bridgehead atoms. The van der Waals surface area contributed by atoms with Gasteiger partial charge in [0.25, 0.3) is 0 Å².